The standard InChI is InChI=1S/C20H19Cl2IN6OS/c21-12-5-13(22)7-14(6-12)24-8-18(30)28-9-11-3-16(17(28)4-11)27-19-15-1-2-29(31-23)20(15)26-10-25-19/h1-2,5-7,10-11,16-17,24H,3-4,8-9H2,(H,25,26,27). The van der Waals surface area contributed by atoms with Gasteiger partial charge in [-0.2, -0.15) is 0 Å². The van der Waals surface area contributed by atoms with E-state index in [9.17, 15) is 4.79 Å². The van der Waals surface area contributed by atoms with Crippen LogP contribution >= 0.6 is 53.5 Å². The van der Waals surface area contributed by atoms with Crippen LogP contribution in [0, 0.1) is 5.92 Å². The molecule has 2 bridgehead atoms. The molecule has 0 radical (unpaired) electrons. The van der Waals surface area contributed by atoms with Gasteiger partial charge < -0.3 is 15.5 Å². The molecule has 2 N–H and O–H groups in total. The van der Waals surface area contributed by atoms with Crippen LogP contribution in [0.3, 0.4) is 0 Å². The minimum Gasteiger partial charge on any atom is -0.376 e. The Morgan fingerprint density at radius 1 is 1.23 bits per heavy atom. The number of benzene rings is 1. The molecule has 1 aromatic carbocycles. The number of hydrogen-bond acceptors (Lipinski definition) is 6. The number of nitrogens with one attached hydrogen (secondary N) is 2. The summed E-state index contributed by atoms with van der Waals surface area (Å²) in [6.07, 6.45) is 5.64. The lowest BCUT2D eigenvalue weighted by atomic mass is 10.1. The molecular weight excluding hydrogens is 570 g/mol. The van der Waals surface area contributed by atoms with Gasteiger partial charge in [0, 0.05) is 64.8 Å². The molecule has 1 saturated heterocycles. The summed E-state index contributed by atoms with van der Waals surface area (Å²) in [6.45, 7) is 1.01. The molecule has 11 heteroatoms. The fraction of sp³-hybridized carbons (Fsp3) is 0.350. The third-order valence-corrected chi connectivity index (χ3v) is 8.11. The maximum Gasteiger partial charge on any atom is 0.242 e. The predicted molar refractivity (Wildman–Crippen MR) is 135 cm³/mol. The van der Waals surface area contributed by atoms with E-state index in [0.29, 0.717) is 16.0 Å². The number of likely N-dealkylation sites (tertiary alicyclic amines) is 1. The first-order valence-corrected chi connectivity index (χ1v) is 14.0. The van der Waals surface area contributed by atoms with Crippen LogP contribution in [0.2, 0.25) is 10.0 Å². The van der Waals surface area contributed by atoms with Gasteiger partial charge in [-0.25, -0.2) is 9.97 Å². The van der Waals surface area contributed by atoms with Crippen LogP contribution in [-0.4, -0.2) is 49.9 Å². The maximum atomic E-state index is 13.0. The van der Waals surface area contributed by atoms with Crippen LogP contribution < -0.4 is 10.6 Å². The first kappa shape index (κ1) is 21.4. The van der Waals surface area contributed by atoms with Gasteiger partial charge in [-0.15, -0.1) is 0 Å². The van der Waals surface area contributed by atoms with E-state index in [1.807, 2.05) is 21.1 Å². The molecule has 5 rings (SSSR count). The summed E-state index contributed by atoms with van der Waals surface area (Å²) in [4.78, 5) is 23.8. The molecule has 1 saturated carbocycles. The van der Waals surface area contributed by atoms with Gasteiger partial charge in [0.1, 0.15) is 12.1 Å². The van der Waals surface area contributed by atoms with Gasteiger partial charge in [0.2, 0.25) is 5.91 Å². The van der Waals surface area contributed by atoms with Crippen molar-refractivity contribution in [3.8, 4) is 0 Å². The van der Waals surface area contributed by atoms with E-state index in [1.165, 1.54) is 0 Å². The number of carbonyl (C=O) groups is 1. The molecule has 1 amide bonds. The smallest absolute Gasteiger partial charge is 0.242 e. The quantitative estimate of drug-likeness (QED) is 0.390. The number of anilines is 2. The second-order valence-corrected chi connectivity index (χ2v) is 10.5. The number of amides is 1. The SMILES string of the molecule is O=C(CNc1cc(Cl)cc(Cl)c1)N1CC2CC(Nc3ncnc4c3ccn4SI)C1C2. The van der Waals surface area contributed by atoms with Gasteiger partial charge in [0.15, 0.2) is 5.65 Å². The van der Waals surface area contributed by atoms with Crippen molar-refractivity contribution in [2.75, 3.05) is 23.7 Å². The summed E-state index contributed by atoms with van der Waals surface area (Å²) in [5.74, 6) is 1.42. The highest BCUT2D eigenvalue weighted by Crippen LogP contribution is 2.40. The first-order chi connectivity index (χ1) is 15.0. The topological polar surface area (TPSA) is 75.1 Å². The van der Waals surface area contributed by atoms with E-state index in [4.69, 9.17) is 23.2 Å². The Labute approximate surface area is 206 Å². The summed E-state index contributed by atoms with van der Waals surface area (Å²) >= 11 is 14.3. The van der Waals surface area contributed by atoms with Crippen LogP contribution in [0.1, 0.15) is 12.8 Å². The molecule has 2 aromatic heterocycles. The summed E-state index contributed by atoms with van der Waals surface area (Å²) in [7, 11) is 1.57. The monoisotopic (exact) mass is 588 g/mol. The normalized spacial score (nSPS) is 22.3. The molecule has 3 aromatic rings. The van der Waals surface area contributed by atoms with Crippen molar-refractivity contribution in [2.45, 2.75) is 24.9 Å². The average Bonchev–Trinajstić information content (AvgIpc) is 3.45. The number of halogens is 3. The van der Waals surface area contributed by atoms with Gasteiger partial charge in [-0.05, 0) is 43.0 Å². The van der Waals surface area contributed by atoms with Gasteiger partial charge in [-0.1, -0.05) is 23.2 Å². The number of carbonyl (C=O) groups excluding carboxylic acids is 1. The van der Waals surface area contributed by atoms with Crippen molar-refractivity contribution in [3.63, 3.8) is 0 Å². The molecular formula is C20H19Cl2IN6OS. The van der Waals surface area contributed by atoms with Crippen molar-refractivity contribution < 1.29 is 4.79 Å². The van der Waals surface area contributed by atoms with Crippen molar-refractivity contribution >= 4 is 82.0 Å². The van der Waals surface area contributed by atoms with E-state index >= 15 is 0 Å². The Morgan fingerprint density at radius 3 is 2.77 bits per heavy atom. The Balaban J connectivity index is 1.27. The maximum absolute atomic E-state index is 13.0. The minimum absolute atomic E-state index is 0.0791. The lowest BCUT2D eigenvalue weighted by Gasteiger charge is -2.34. The van der Waals surface area contributed by atoms with Crippen LogP contribution in [0.15, 0.2) is 36.8 Å². The summed E-state index contributed by atoms with van der Waals surface area (Å²) < 4.78 is 2.01. The summed E-state index contributed by atoms with van der Waals surface area (Å²) in [5.41, 5.74) is 1.63. The second-order valence-electron chi connectivity index (χ2n) is 7.88. The number of nitrogens with zero attached hydrogens (tertiary/aromatic N) is 4. The van der Waals surface area contributed by atoms with Gasteiger partial charge >= 0.3 is 0 Å². The molecule has 0 spiro atoms. The van der Waals surface area contributed by atoms with Crippen LogP contribution in [0.25, 0.3) is 11.0 Å². The number of aromatic nitrogens is 3. The summed E-state index contributed by atoms with van der Waals surface area (Å²) in [6, 6.07) is 7.57. The van der Waals surface area contributed by atoms with E-state index in [-0.39, 0.29) is 24.5 Å². The molecule has 3 unspecified atom stereocenters. The molecule has 1 aliphatic heterocycles. The fourth-order valence-corrected chi connectivity index (χ4v) is 6.47. The lowest BCUT2D eigenvalue weighted by Crippen LogP contribution is -2.49. The number of hydrogen-bond donors (Lipinski definition) is 2. The van der Waals surface area contributed by atoms with E-state index < -0.39 is 0 Å². The highest BCUT2D eigenvalue weighted by molar-refractivity contribution is 14.2. The van der Waals surface area contributed by atoms with E-state index in [2.05, 4.69) is 41.8 Å². The van der Waals surface area contributed by atoms with Crippen LogP contribution in [0.4, 0.5) is 11.5 Å². The molecule has 1 aliphatic carbocycles. The average molecular weight is 589 g/mol. The predicted octanol–water partition coefficient (Wildman–Crippen LogP) is 5.10. The molecule has 2 fully saturated rings. The van der Waals surface area contributed by atoms with E-state index in [1.54, 1.807) is 33.6 Å². The zero-order valence-corrected chi connectivity index (χ0v) is 20.7. The first-order valence-electron chi connectivity index (χ1n) is 9.89. The van der Waals surface area contributed by atoms with E-state index in [0.717, 1.165) is 41.9 Å². The second kappa shape index (κ2) is 8.84. The number of fused-ring (bicyclic) bond motifs is 3. The van der Waals surface area contributed by atoms with Gasteiger partial charge in [0.25, 0.3) is 0 Å². The Hall–Kier alpha value is -1.43. The van der Waals surface area contributed by atoms with Crippen LogP contribution in [0.5, 0.6) is 0 Å². The Kier molecular flexibility index (Phi) is 6.11. The summed E-state index contributed by atoms with van der Waals surface area (Å²) in [5, 5.41) is 8.83. The number of rotatable bonds is 6. The highest BCUT2D eigenvalue weighted by Gasteiger charge is 2.46. The zero-order chi connectivity index (χ0) is 21.5. The van der Waals surface area contributed by atoms with Gasteiger partial charge in [0.05, 0.1) is 18.0 Å². The molecule has 3 atom stereocenters. The third kappa shape index (κ3) is 4.29. The molecule has 7 nitrogen and oxygen atoms in total. The molecule has 31 heavy (non-hydrogen) atoms. The Bertz CT molecular complexity index is 1120. The third-order valence-electron chi connectivity index (χ3n) is 5.95. The zero-order valence-electron chi connectivity index (χ0n) is 16.3. The van der Waals surface area contributed by atoms with Crippen molar-refractivity contribution in [3.05, 3.63) is 46.8 Å². The van der Waals surface area contributed by atoms with Crippen molar-refractivity contribution in [1.29, 1.82) is 0 Å². The number of piperidine rings is 1. The van der Waals surface area contributed by atoms with Crippen molar-refractivity contribution in [2.24, 2.45) is 5.92 Å². The van der Waals surface area contributed by atoms with Gasteiger partial charge in [-0.3, -0.25) is 8.77 Å². The Morgan fingerprint density at radius 2 is 2.03 bits per heavy atom. The highest BCUT2D eigenvalue weighted by atomic mass is 127. The largest absolute Gasteiger partial charge is 0.376 e. The molecule has 162 valence electrons. The molecule has 3 heterocycles. The minimum atomic E-state index is 0.0791. The fourth-order valence-electron chi connectivity index (χ4n) is 4.68. The lowest BCUT2D eigenvalue weighted by molar-refractivity contribution is -0.131. The van der Waals surface area contributed by atoms with Crippen molar-refractivity contribution in [1.82, 2.24) is 18.8 Å². The molecule has 2 aliphatic rings. The van der Waals surface area contributed by atoms with Crippen LogP contribution in [-0.2, 0) is 4.79 Å².